The van der Waals surface area contributed by atoms with Crippen molar-refractivity contribution < 1.29 is 14.6 Å². The van der Waals surface area contributed by atoms with Crippen molar-refractivity contribution in [2.24, 2.45) is 0 Å². The van der Waals surface area contributed by atoms with Crippen LogP contribution in [0.3, 0.4) is 0 Å². The van der Waals surface area contributed by atoms with Gasteiger partial charge in [0.1, 0.15) is 5.41 Å². The molecule has 1 heterocycles. The van der Waals surface area contributed by atoms with Crippen molar-refractivity contribution in [1.29, 1.82) is 0 Å². The van der Waals surface area contributed by atoms with E-state index >= 15 is 0 Å². The summed E-state index contributed by atoms with van der Waals surface area (Å²) in [6.07, 6.45) is 0. The molecule has 5 nitrogen and oxygen atoms in total. The van der Waals surface area contributed by atoms with Crippen LogP contribution < -0.4 is 4.90 Å². The van der Waals surface area contributed by atoms with Gasteiger partial charge in [-0.05, 0) is 20.8 Å². The van der Waals surface area contributed by atoms with E-state index in [1.54, 1.807) is 21.0 Å². The lowest BCUT2D eigenvalue weighted by atomic mass is 9.90. The second-order valence-corrected chi connectivity index (χ2v) is 5.35. The van der Waals surface area contributed by atoms with Crippen LogP contribution in [0.4, 0.5) is 5.13 Å². The Kier molecular flexibility index (Phi) is 5.10. The van der Waals surface area contributed by atoms with Gasteiger partial charge < -0.3 is 14.7 Å². The molecule has 0 radical (unpaired) electrons. The first-order valence-corrected chi connectivity index (χ1v) is 6.74. The summed E-state index contributed by atoms with van der Waals surface area (Å²) in [4.78, 5) is 17.7. The van der Waals surface area contributed by atoms with Gasteiger partial charge in [0.25, 0.3) is 0 Å². The standard InChI is InChI=1S/C12H20N2O3S/c1-5-14(6-7-17-4)11-13-9(8-18-11)12(2,3)10(15)16/h8H,5-7H2,1-4H3,(H,15,16). The van der Waals surface area contributed by atoms with Gasteiger partial charge in [0.2, 0.25) is 0 Å². The highest BCUT2D eigenvalue weighted by molar-refractivity contribution is 7.13. The van der Waals surface area contributed by atoms with Crippen molar-refractivity contribution in [1.82, 2.24) is 4.98 Å². The third-order valence-corrected chi connectivity index (χ3v) is 3.79. The van der Waals surface area contributed by atoms with E-state index in [9.17, 15) is 9.90 Å². The van der Waals surface area contributed by atoms with Crippen LogP contribution in [0.25, 0.3) is 0 Å². The molecule has 1 rings (SSSR count). The fourth-order valence-electron chi connectivity index (χ4n) is 1.40. The first kappa shape index (κ1) is 14.9. The van der Waals surface area contributed by atoms with Crippen molar-refractivity contribution in [2.45, 2.75) is 26.2 Å². The molecule has 1 N–H and O–H groups in total. The lowest BCUT2D eigenvalue weighted by Gasteiger charge is -2.20. The Hall–Kier alpha value is -1.14. The van der Waals surface area contributed by atoms with Crippen molar-refractivity contribution in [2.75, 3.05) is 31.7 Å². The van der Waals surface area contributed by atoms with Crippen LogP contribution in [0.15, 0.2) is 5.38 Å². The molecule has 0 saturated heterocycles. The molecule has 0 aliphatic heterocycles. The summed E-state index contributed by atoms with van der Waals surface area (Å²) in [5, 5.41) is 11.8. The summed E-state index contributed by atoms with van der Waals surface area (Å²) < 4.78 is 5.05. The number of anilines is 1. The number of nitrogens with zero attached hydrogens (tertiary/aromatic N) is 2. The van der Waals surface area contributed by atoms with E-state index in [4.69, 9.17) is 4.74 Å². The molecule has 0 atom stereocenters. The molecule has 0 fully saturated rings. The molecule has 0 unspecified atom stereocenters. The summed E-state index contributed by atoms with van der Waals surface area (Å²) >= 11 is 1.47. The van der Waals surface area contributed by atoms with Gasteiger partial charge in [-0.15, -0.1) is 11.3 Å². The largest absolute Gasteiger partial charge is 0.481 e. The summed E-state index contributed by atoms with van der Waals surface area (Å²) in [5.74, 6) is -0.862. The summed E-state index contributed by atoms with van der Waals surface area (Å²) in [6, 6.07) is 0. The second kappa shape index (κ2) is 6.15. The van der Waals surface area contributed by atoms with Crippen LogP contribution in [0.5, 0.6) is 0 Å². The Morgan fingerprint density at radius 1 is 1.61 bits per heavy atom. The van der Waals surface area contributed by atoms with Gasteiger partial charge in [-0.1, -0.05) is 0 Å². The number of hydrogen-bond acceptors (Lipinski definition) is 5. The maximum Gasteiger partial charge on any atom is 0.315 e. The lowest BCUT2D eigenvalue weighted by Crippen LogP contribution is -2.30. The Morgan fingerprint density at radius 3 is 2.78 bits per heavy atom. The predicted molar refractivity (Wildman–Crippen MR) is 72.5 cm³/mol. The van der Waals surface area contributed by atoms with E-state index in [1.165, 1.54) is 11.3 Å². The van der Waals surface area contributed by atoms with Crippen LogP contribution in [0.1, 0.15) is 26.5 Å². The number of carboxylic acids is 1. The van der Waals surface area contributed by atoms with Gasteiger partial charge in [0, 0.05) is 25.6 Å². The van der Waals surface area contributed by atoms with E-state index in [0.717, 1.165) is 18.2 Å². The van der Waals surface area contributed by atoms with Gasteiger partial charge in [0.15, 0.2) is 5.13 Å². The number of rotatable bonds is 7. The molecule has 0 aliphatic carbocycles. The zero-order valence-electron chi connectivity index (χ0n) is 11.3. The molecular formula is C12H20N2O3S. The Balaban J connectivity index is 2.87. The summed E-state index contributed by atoms with van der Waals surface area (Å²) in [6.45, 7) is 7.58. The third-order valence-electron chi connectivity index (χ3n) is 2.88. The first-order chi connectivity index (χ1) is 8.43. The van der Waals surface area contributed by atoms with Gasteiger partial charge in [0.05, 0.1) is 12.3 Å². The van der Waals surface area contributed by atoms with E-state index in [1.807, 2.05) is 12.3 Å². The molecule has 1 aromatic rings. The minimum Gasteiger partial charge on any atom is -0.481 e. The number of carboxylic acid groups (broad SMARTS) is 1. The number of aliphatic carboxylic acids is 1. The van der Waals surface area contributed by atoms with Crippen molar-refractivity contribution in [3.05, 3.63) is 11.1 Å². The zero-order chi connectivity index (χ0) is 13.8. The molecule has 0 amide bonds. The minimum absolute atomic E-state index is 0.603. The molecule has 6 heteroatoms. The average molecular weight is 272 g/mol. The van der Waals surface area contributed by atoms with Crippen LogP contribution in [0.2, 0.25) is 0 Å². The number of thiazole rings is 1. The number of methoxy groups -OCH3 is 1. The van der Waals surface area contributed by atoms with E-state index in [2.05, 4.69) is 9.88 Å². The van der Waals surface area contributed by atoms with Crippen molar-refractivity contribution >= 4 is 22.4 Å². The molecule has 0 bridgehead atoms. The normalized spacial score (nSPS) is 11.6. The van der Waals surface area contributed by atoms with Crippen LogP contribution in [0, 0.1) is 0 Å². The van der Waals surface area contributed by atoms with Gasteiger partial charge in [-0.25, -0.2) is 4.98 Å². The number of likely N-dealkylation sites (N-methyl/N-ethyl adjacent to an activating group) is 1. The molecule has 0 aromatic carbocycles. The number of hydrogen-bond donors (Lipinski definition) is 1. The SMILES string of the molecule is CCN(CCOC)c1nc(C(C)(C)C(=O)O)cs1. The molecule has 0 saturated carbocycles. The third kappa shape index (κ3) is 3.20. The van der Waals surface area contributed by atoms with E-state index in [0.29, 0.717) is 12.3 Å². The maximum atomic E-state index is 11.2. The van der Waals surface area contributed by atoms with Crippen LogP contribution >= 0.6 is 11.3 Å². The Morgan fingerprint density at radius 2 is 2.28 bits per heavy atom. The van der Waals surface area contributed by atoms with Gasteiger partial charge in [-0.2, -0.15) is 0 Å². The number of ether oxygens (including phenoxy) is 1. The smallest absolute Gasteiger partial charge is 0.315 e. The van der Waals surface area contributed by atoms with E-state index in [-0.39, 0.29) is 0 Å². The zero-order valence-corrected chi connectivity index (χ0v) is 12.1. The van der Waals surface area contributed by atoms with E-state index < -0.39 is 11.4 Å². The number of aromatic nitrogens is 1. The van der Waals surface area contributed by atoms with Crippen LogP contribution in [-0.4, -0.2) is 42.9 Å². The molecular weight excluding hydrogens is 252 g/mol. The van der Waals surface area contributed by atoms with Crippen molar-refractivity contribution in [3.63, 3.8) is 0 Å². The average Bonchev–Trinajstić information content (AvgIpc) is 2.80. The topological polar surface area (TPSA) is 62.7 Å². The molecule has 1 aromatic heterocycles. The fraction of sp³-hybridized carbons (Fsp3) is 0.667. The van der Waals surface area contributed by atoms with Crippen LogP contribution in [-0.2, 0) is 14.9 Å². The van der Waals surface area contributed by atoms with Gasteiger partial charge >= 0.3 is 5.97 Å². The molecule has 0 aliphatic rings. The molecule has 102 valence electrons. The Labute approximate surface area is 111 Å². The highest BCUT2D eigenvalue weighted by atomic mass is 32.1. The maximum absolute atomic E-state index is 11.2. The van der Waals surface area contributed by atoms with Crippen molar-refractivity contribution in [3.8, 4) is 0 Å². The highest BCUT2D eigenvalue weighted by Gasteiger charge is 2.32. The first-order valence-electron chi connectivity index (χ1n) is 5.86. The fourth-order valence-corrected chi connectivity index (χ4v) is 2.48. The second-order valence-electron chi connectivity index (χ2n) is 4.52. The molecule has 0 spiro atoms. The van der Waals surface area contributed by atoms with Gasteiger partial charge in [-0.3, -0.25) is 4.79 Å². The summed E-state index contributed by atoms with van der Waals surface area (Å²) in [5.41, 5.74) is -0.346. The summed E-state index contributed by atoms with van der Waals surface area (Å²) in [7, 11) is 1.66. The lowest BCUT2D eigenvalue weighted by molar-refractivity contribution is -0.142. The molecule has 18 heavy (non-hydrogen) atoms. The highest BCUT2D eigenvalue weighted by Crippen LogP contribution is 2.29. The minimum atomic E-state index is -0.949. The predicted octanol–water partition coefficient (Wildman–Crippen LogP) is 1.98. The number of carbonyl (C=O) groups is 1. The monoisotopic (exact) mass is 272 g/mol. The quantitative estimate of drug-likeness (QED) is 0.822. The Bertz CT molecular complexity index is 404.